The fourth-order valence-electron chi connectivity index (χ4n) is 1.16. The molecule has 2 atom stereocenters. The lowest BCUT2D eigenvalue weighted by Crippen LogP contribution is -2.21. The Morgan fingerprint density at radius 3 is 2.38 bits per heavy atom. The van der Waals surface area contributed by atoms with Gasteiger partial charge in [-0.2, -0.15) is 0 Å². The van der Waals surface area contributed by atoms with Gasteiger partial charge in [-0.1, -0.05) is 59.9 Å². The first-order valence-electron chi connectivity index (χ1n) is 4.76. The maximum Gasteiger partial charge on any atom is 0.321 e. The minimum Gasteiger partial charge on any atom is -0.465 e. The van der Waals surface area contributed by atoms with Crippen LogP contribution in [0.2, 0.25) is 0 Å². The number of benzene rings is 1. The second kappa shape index (κ2) is 6.77. The van der Waals surface area contributed by atoms with Gasteiger partial charge < -0.3 is 4.74 Å². The number of carbonyl (C=O) groups excluding carboxylic acids is 1. The zero-order valence-corrected chi connectivity index (χ0v) is 13.4. The summed E-state index contributed by atoms with van der Waals surface area (Å²) in [5.74, 6) is -0.257. The highest BCUT2D eigenvalue weighted by molar-refractivity contribution is 9.12. The molecule has 2 nitrogen and oxygen atoms in total. The molecule has 1 aromatic rings. The van der Waals surface area contributed by atoms with Crippen molar-refractivity contribution in [1.82, 2.24) is 0 Å². The SMILES string of the molecule is CCOC(=O)[C@@H](Br)[C@@H](Br)c1ccc(Br)cc1. The molecule has 0 saturated carbocycles. The second-order valence-electron chi connectivity index (χ2n) is 3.11. The summed E-state index contributed by atoms with van der Waals surface area (Å²) in [7, 11) is 0. The number of alkyl halides is 2. The number of rotatable bonds is 4. The van der Waals surface area contributed by atoms with Gasteiger partial charge in [0, 0.05) is 4.47 Å². The summed E-state index contributed by atoms with van der Waals surface area (Å²) in [5.41, 5.74) is 1.03. The van der Waals surface area contributed by atoms with Crippen molar-refractivity contribution in [3.63, 3.8) is 0 Å². The normalized spacial score (nSPS) is 14.2. The van der Waals surface area contributed by atoms with Crippen LogP contribution in [0.5, 0.6) is 0 Å². The number of hydrogen-bond acceptors (Lipinski definition) is 2. The van der Waals surface area contributed by atoms with E-state index in [4.69, 9.17) is 4.74 Å². The average molecular weight is 415 g/mol. The topological polar surface area (TPSA) is 26.3 Å². The van der Waals surface area contributed by atoms with Crippen molar-refractivity contribution in [1.29, 1.82) is 0 Å². The van der Waals surface area contributed by atoms with Crippen LogP contribution in [0.1, 0.15) is 17.3 Å². The maximum absolute atomic E-state index is 11.5. The fourth-order valence-corrected chi connectivity index (χ4v) is 2.38. The van der Waals surface area contributed by atoms with E-state index in [-0.39, 0.29) is 15.6 Å². The summed E-state index contributed by atoms with van der Waals surface area (Å²) in [6.07, 6.45) is 0. The van der Waals surface area contributed by atoms with Crippen LogP contribution >= 0.6 is 47.8 Å². The Kier molecular flexibility index (Phi) is 6.00. The Morgan fingerprint density at radius 1 is 1.31 bits per heavy atom. The lowest BCUT2D eigenvalue weighted by molar-refractivity contribution is -0.142. The fraction of sp³-hybridized carbons (Fsp3) is 0.364. The Morgan fingerprint density at radius 2 is 1.88 bits per heavy atom. The molecule has 0 radical (unpaired) electrons. The van der Waals surface area contributed by atoms with E-state index in [1.165, 1.54) is 0 Å². The average Bonchev–Trinajstić information content (AvgIpc) is 2.28. The molecule has 0 N–H and O–H groups in total. The number of halogens is 3. The van der Waals surface area contributed by atoms with Gasteiger partial charge >= 0.3 is 5.97 Å². The lowest BCUT2D eigenvalue weighted by Gasteiger charge is -2.15. The summed E-state index contributed by atoms with van der Waals surface area (Å²) in [4.78, 5) is 11.0. The first-order valence-corrected chi connectivity index (χ1v) is 7.39. The molecule has 0 heterocycles. The molecule has 0 aliphatic rings. The molecular weight excluding hydrogens is 404 g/mol. The molecule has 1 aromatic carbocycles. The predicted molar refractivity (Wildman–Crippen MR) is 75.2 cm³/mol. The van der Waals surface area contributed by atoms with Gasteiger partial charge in [0.1, 0.15) is 4.83 Å². The lowest BCUT2D eigenvalue weighted by atomic mass is 10.1. The van der Waals surface area contributed by atoms with Gasteiger partial charge in [-0.05, 0) is 24.6 Å². The maximum atomic E-state index is 11.5. The summed E-state index contributed by atoms with van der Waals surface area (Å²) < 4.78 is 5.96. The highest BCUT2D eigenvalue weighted by Crippen LogP contribution is 2.32. The molecule has 0 unspecified atom stereocenters. The van der Waals surface area contributed by atoms with Crippen LogP contribution in [-0.4, -0.2) is 17.4 Å². The molecule has 88 valence electrons. The second-order valence-corrected chi connectivity index (χ2v) is 6.00. The van der Waals surface area contributed by atoms with E-state index in [2.05, 4.69) is 47.8 Å². The van der Waals surface area contributed by atoms with Gasteiger partial charge in [0.05, 0.1) is 11.4 Å². The first kappa shape index (κ1) is 14.2. The van der Waals surface area contributed by atoms with Gasteiger partial charge in [0.15, 0.2) is 0 Å². The van der Waals surface area contributed by atoms with Crippen molar-refractivity contribution in [3.05, 3.63) is 34.3 Å². The molecule has 5 heteroatoms. The molecule has 0 aromatic heterocycles. The van der Waals surface area contributed by atoms with Gasteiger partial charge in [0.25, 0.3) is 0 Å². The van der Waals surface area contributed by atoms with Crippen LogP contribution in [0, 0.1) is 0 Å². The molecular formula is C11H11Br3O2. The third kappa shape index (κ3) is 3.86. The molecule has 0 aliphatic heterocycles. The molecule has 16 heavy (non-hydrogen) atoms. The van der Waals surface area contributed by atoms with E-state index >= 15 is 0 Å². The van der Waals surface area contributed by atoms with E-state index in [1.807, 2.05) is 24.3 Å². The smallest absolute Gasteiger partial charge is 0.321 e. The Hall–Kier alpha value is 0.130. The predicted octanol–water partition coefficient (Wildman–Crippen LogP) is 4.21. The third-order valence-corrected chi connectivity index (χ3v) is 5.16. The molecule has 0 aliphatic carbocycles. The van der Waals surface area contributed by atoms with E-state index in [0.717, 1.165) is 10.0 Å². The monoisotopic (exact) mass is 412 g/mol. The molecule has 0 saturated heterocycles. The van der Waals surface area contributed by atoms with Crippen LogP contribution in [0.25, 0.3) is 0 Å². The number of hydrogen-bond donors (Lipinski definition) is 0. The van der Waals surface area contributed by atoms with Crippen LogP contribution < -0.4 is 0 Å². The van der Waals surface area contributed by atoms with Crippen LogP contribution in [0.3, 0.4) is 0 Å². The number of ether oxygens (including phenoxy) is 1. The largest absolute Gasteiger partial charge is 0.465 e. The molecule has 1 rings (SSSR count). The van der Waals surface area contributed by atoms with Crippen molar-refractivity contribution in [2.24, 2.45) is 0 Å². The minimum absolute atomic E-state index is 0.0975. The zero-order chi connectivity index (χ0) is 12.1. The standard InChI is InChI=1S/C11H11Br3O2/c1-2-16-11(15)10(14)9(13)7-3-5-8(12)6-4-7/h3-6,9-10H,2H2,1H3/t9-,10-/m0/s1. The summed E-state index contributed by atoms with van der Waals surface area (Å²) >= 11 is 10.2. The Balaban J connectivity index is 2.73. The van der Waals surface area contributed by atoms with E-state index in [0.29, 0.717) is 6.61 Å². The quantitative estimate of drug-likeness (QED) is 0.545. The third-order valence-electron chi connectivity index (χ3n) is 1.96. The van der Waals surface area contributed by atoms with Crippen molar-refractivity contribution >= 4 is 53.8 Å². The highest BCUT2D eigenvalue weighted by atomic mass is 79.9. The van der Waals surface area contributed by atoms with Gasteiger partial charge in [0.2, 0.25) is 0 Å². The summed E-state index contributed by atoms with van der Waals surface area (Å²) in [5, 5.41) is 0. The summed E-state index contributed by atoms with van der Waals surface area (Å²) in [6, 6.07) is 7.79. The van der Waals surface area contributed by atoms with Crippen molar-refractivity contribution in [2.75, 3.05) is 6.61 Å². The number of esters is 1. The minimum atomic E-state index is -0.381. The van der Waals surface area contributed by atoms with Crippen molar-refractivity contribution in [2.45, 2.75) is 16.6 Å². The zero-order valence-electron chi connectivity index (χ0n) is 8.62. The van der Waals surface area contributed by atoms with E-state index in [1.54, 1.807) is 6.92 Å². The van der Waals surface area contributed by atoms with Crippen LogP contribution in [0.15, 0.2) is 28.7 Å². The molecule has 0 amide bonds. The number of carbonyl (C=O) groups is 1. The molecule has 0 fully saturated rings. The Bertz CT molecular complexity index is 351. The van der Waals surface area contributed by atoms with E-state index < -0.39 is 0 Å². The van der Waals surface area contributed by atoms with Crippen LogP contribution in [0.4, 0.5) is 0 Å². The van der Waals surface area contributed by atoms with Crippen LogP contribution in [-0.2, 0) is 9.53 Å². The Labute approximate surface area is 120 Å². The van der Waals surface area contributed by atoms with Crippen molar-refractivity contribution < 1.29 is 9.53 Å². The van der Waals surface area contributed by atoms with Crippen molar-refractivity contribution in [3.8, 4) is 0 Å². The molecule has 0 spiro atoms. The first-order chi connectivity index (χ1) is 7.56. The summed E-state index contributed by atoms with van der Waals surface area (Å²) in [6.45, 7) is 2.18. The van der Waals surface area contributed by atoms with Gasteiger partial charge in [-0.15, -0.1) is 0 Å². The van der Waals surface area contributed by atoms with Gasteiger partial charge in [-0.25, -0.2) is 0 Å². The highest BCUT2D eigenvalue weighted by Gasteiger charge is 2.25. The van der Waals surface area contributed by atoms with Gasteiger partial charge in [-0.3, -0.25) is 4.79 Å². The van der Waals surface area contributed by atoms with E-state index in [9.17, 15) is 4.79 Å². The molecule has 0 bridgehead atoms.